The number of H-pyrrole nitrogens is 1. The summed E-state index contributed by atoms with van der Waals surface area (Å²) >= 11 is 0. The second-order valence-electron chi connectivity index (χ2n) is 29.9. The number of Topliss-reactive ketones (excluding diaryl/α,β-unsaturated/α-hetero) is 11. The number of benzene rings is 2. The second-order valence-corrected chi connectivity index (χ2v) is 29.9. The molecular weight excluding hydrogens is 1380 g/mol. The third kappa shape index (κ3) is 33.3. The summed E-state index contributed by atoms with van der Waals surface area (Å²) in [7, 11) is 0. The van der Waals surface area contributed by atoms with Gasteiger partial charge in [0.25, 0.3) is 0 Å². The number of carbonyl (C=O) groups excluding carboxylic acids is 13. The van der Waals surface area contributed by atoms with Gasteiger partial charge in [-0.15, -0.1) is 0 Å². The number of amides is 2. The van der Waals surface area contributed by atoms with Crippen LogP contribution in [0.15, 0.2) is 66.9 Å². The van der Waals surface area contributed by atoms with Gasteiger partial charge in [-0.25, -0.2) is 21.7 Å². The molecule has 3 aromatic rings. The van der Waals surface area contributed by atoms with Crippen LogP contribution < -0.4 is 76.1 Å². The van der Waals surface area contributed by atoms with E-state index in [9.17, 15) is 67.4 Å². The van der Waals surface area contributed by atoms with E-state index in [4.69, 9.17) is 17.2 Å². The molecule has 29 nitrogen and oxygen atoms in total. The first kappa shape index (κ1) is 92.7. The summed E-state index contributed by atoms with van der Waals surface area (Å²) in [5, 5.41) is 32.1. The Balaban J connectivity index is 1.57. The lowest BCUT2D eigenvalue weighted by Gasteiger charge is -2.33. The molecule has 1 aliphatic rings. The lowest BCUT2D eigenvalue weighted by Crippen LogP contribution is -2.61. The molecule has 1 aliphatic heterocycles. The first-order valence-corrected chi connectivity index (χ1v) is 38.5. The van der Waals surface area contributed by atoms with Gasteiger partial charge in [0.15, 0.2) is 63.6 Å². The van der Waals surface area contributed by atoms with Crippen molar-refractivity contribution in [2.45, 2.75) is 276 Å². The first-order valence-electron chi connectivity index (χ1n) is 38.5. The number of phenolic OH excluding ortho intramolecular Hbond substituents is 1. The number of ketones is 11. The third-order valence-corrected chi connectivity index (χ3v) is 20.1. The highest BCUT2D eigenvalue weighted by molar-refractivity contribution is 6.07. The number of aromatic hydroxyl groups is 1. The zero-order valence-corrected chi connectivity index (χ0v) is 65.3. The minimum atomic E-state index is -1.59. The average molecular weight is 1510 g/mol. The molecule has 0 spiro atoms. The van der Waals surface area contributed by atoms with Crippen LogP contribution in [0.5, 0.6) is 5.75 Å². The van der Waals surface area contributed by atoms with E-state index < -0.39 is 155 Å². The molecule has 108 heavy (non-hydrogen) atoms. The minimum Gasteiger partial charge on any atom is -0.508 e. The zero-order chi connectivity index (χ0) is 80.1. The Morgan fingerprint density at radius 2 is 1.22 bits per heavy atom. The molecule has 1 aromatic heterocycles. The van der Waals surface area contributed by atoms with Gasteiger partial charge in [-0.05, 0) is 154 Å². The van der Waals surface area contributed by atoms with E-state index in [0.29, 0.717) is 37.7 Å². The van der Waals surface area contributed by atoms with Crippen LogP contribution in [-0.4, -0.2) is 196 Å². The van der Waals surface area contributed by atoms with Gasteiger partial charge in [-0.1, -0.05) is 95.4 Å². The van der Waals surface area contributed by atoms with Crippen LogP contribution in [0.25, 0.3) is 10.9 Å². The van der Waals surface area contributed by atoms with Crippen LogP contribution in [0.3, 0.4) is 0 Å². The topological polar surface area (TPSA) is 468 Å². The highest BCUT2D eigenvalue weighted by Crippen LogP contribution is 2.24. The molecule has 0 aliphatic carbocycles. The van der Waals surface area contributed by atoms with Gasteiger partial charge in [-0.2, -0.15) is 0 Å². The van der Waals surface area contributed by atoms with Crippen molar-refractivity contribution in [3.05, 3.63) is 78.0 Å². The summed E-state index contributed by atoms with van der Waals surface area (Å²) in [6.07, 6.45) is 11.4. The van der Waals surface area contributed by atoms with E-state index in [1.165, 1.54) is 19.1 Å². The number of hydrogen-bond acceptors (Lipinski definition) is 26. The number of rotatable bonds is 31. The van der Waals surface area contributed by atoms with Crippen molar-refractivity contribution in [1.82, 2.24) is 63.9 Å². The van der Waals surface area contributed by atoms with Gasteiger partial charge >= 0.3 is 0 Å². The summed E-state index contributed by atoms with van der Waals surface area (Å²) in [6.45, 7) is 16.2. The molecule has 2 amide bonds. The van der Waals surface area contributed by atoms with Gasteiger partial charge in [0.05, 0.1) is 111 Å². The van der Waals surface area contributed by atoms with Gasteiger partial charge < -0.3 is 53.9 Å². The molecule has 600 valence electrons. The van der Waals surface area contributed by atoms with Crippen LogP contribution in [-0.2, 0) is 75.2 Å². The number of para-hydroxylation sites is 1. The molecule has 0 fully saturated rings. The Hall–Kier alpha value is -7.65. The number of unbranched alkanes of at least 4 members (excludes halogenated alkanes) is 1. The lowest BCUT2D eigenvalue weighted by atomic mass is 9.86. The van der Waals surface area contributed by atoms with Crippen LogP contribution in [0.2, 0.25) is 0 Å². The van der Waals surface area contributed by atoms with Crippen molar-refractivity contribution in [2.24, 2.45) is 23.1 Å². The first-order chi connectivity index (χ1) is 51.2. The number of aromatic nitrogens is 1. The fourth-order valence-corrected chi connectivity index (χ4v) is 12.4. The summed E-state index contributed by atoms with van der Waals surface area (Å²) in [5.74, 6) is -6.02. The van der Waals surface area contributed by atoms with Crippen molar-refractivity contribution in [3.63, 3.8) is 0 Å². The van der Waals surface area contributed by atoms with Gasteiger partial charge in [0.1, 0.15) is 11.8 Å². The predicted octanol–water partition coefficient (Wildman–Crippen LogP) is 3.08. The molecule has 0 unspecified atom stereocenters. The quantitative estimate of drug-likeness (QED) is 0.0250. The Bertz CT molecular complexity index is 3490. The van der Waals surface area contributed by atoms with Gasteiger partial charge in [-0.3, -0.25) is 73.0 Å². The van der Waals surface area contributed by atoms with Crippen LogP contribution in [0.4, 0.5) is 0 Å². The predicted molar refractivity (Wildman–Crippen MR) is 416 cm³/mol. The molecular formula is C79H125N15O14. The Morgan fingerprint density at radius 3 is 1.87 bits per heavy atom. The summed E-state index contributed by atoms with van der Waals surface area (Å²) in [4.78, 5) is 181. The largest absolute Gasteiger partial charge is 0.508 e. The number of fused-ring (bicyclic) bond motifs is 1. The number of hydrazine groups is 2. The molecule has 29 heteroatoms. The summed E-state index contributed by atoms with van der Waals surface area (Å²) in [5.41, 5.74) is 28.9. The fraction of sp³-hybridized carbons (Fsp3) is 0.633. The number of nitrogens with two attached hydrogens (primary N) is 3. The van der Waals surface area contributed by atoms with Gasteiger partial charge in [0.2, 0.25) is 11.8 Å². The molecule has 2 aromatic carbocycles. The van der Waals surface area contributed by atoms with Crippen molar-refractivity contribution >= 4 is 86.3 Å². The normalized spacial score (nSPS) is 24.0. The molecule has 4 rings (SSSR count). The molecule has 12 atom stereocenters. The molecule has 0 saturated carbocycles. The molecule has 19 N–H and O–H groups in total. The smallest absolute Gasteiger partial charge is 0.239 e. The van der Waals surface area contributed by atoms with Crippen LogP contribution >= 0.6 is 0 Å². The molecule has 0 bridgehead atoms. The second kappa shape index (κ2) is 48.1. The number of carbonyl (C=O) groups is 13. The van der Waals surface area contributed by atoms with Crippen molar-refractivity contribution < 1.29 is 67.4 Å². The molecule has 2 heterocycles. The van der Waals surface area contributed by atoms with Crippen molar-refractivity contribution in [3.8, 4) is 5.75 Å². The third-order valence-electron chi connectivity index (χ3n) is 20.1. The van der Waals surface area contributed by atoms with E-state index in [0.717, 1.165) is 55.0 Å². The zero-order valence-electron chi connectivity index (χ0n) is 65.3. The van der Waals surface area contributed by atoms with E-state index in [1.807, 2.05) is 57.2 Å². The molecule has 0 saturated heterocycles. The Labute approximate surface area is 636 Å². The highest BCUT2D eigenvalue weighted by atomic mass is 16.3. The lowest BCUT2D eigenvalue weighted by molar-refractivity contribution is -0.136. The van der Waals surface area contributed by atoms with Crippen LogP contribution in [0.1, 0.15) is 202 Å². The monoisotopic (exact) mass is 1510 g/mol. The Morgan fingerprint density at radius 1 is 0.630 bits per heavy atom. The number of hydrogen-bond donors (Lipinski definition) is 16. The Kier molecular flexibility index (Phi) is 41.3. The van der Waals surface area contributed by atoms with Crippen molar-refractivity contribution in [1.29, 1.82) is 0 Å². The fourth-order valence-electron chi connectivity index (χ4n) is 12.4. The van der Waals surface area contributed by atoms with E-state index in [2.05, 4.69) is 63.9 Å². The maximum absolute atomic E-state index is 14.7. The number of allylic oxidation sites excluding steroid dienone is 2. The summed E-state index contributed by atoms with van der Waals surface area (Å²) < 4.78 is 0. The number of nitrogens with one attached hydrogen (secondary N) is 12. The SMILES string of the molecule is CCCC[C@H](NCN[C@@H](C)C(=O)CCN[C@@H](C)C(=O)CC(=O)[C@]1(C)CCCC=CCCCCCC[C@@](C)(N)C(=O)CC(=O)[C@H](C)NCC(=O)[C@H](Cc2ccc(O)cc2)NN[C@@H](Cc2c[nH]c3ccccc23)C(=O)CC(=O)[C@H](C)NCC(=O)[C@H](CCC(N)=O)NN[C@@H](CC(C)C)C(=O)N1)C(=O)CN[C@@H](C)C(=O)CN. The minimum absolute atomic E-state index is 0.00112. The number of primary amides is 1. The molecule has 0 radical (unpaired) electrons. The van der Waals surface area contributed by atoms with Crippen LogP contribution in [0, 0.1) is 5.92 Å². The van der Waals surface area contributed by atoms with E-state index >= 15 is 0 Å². The maximum Gasteiger partial charge on any atom is 0.239 e. The number of phenols is 1. The average Bonchev–Trinajstić information content (AvgIpc) is 1.62. The van der Waals surface area contributed by atoms with Gasteiger partial charge in [0, 0.05) is 43.2 Å². The summed E-state index contributed by atoms with van der Waals surface area (Å²) in [6, 6.07) is 4.61. The maximum atomic E-state index is 14.7. The van der Waals surface area contributed by atoms with Crippen molar-refractivity contribution in [2.75, 3.05) is 39.4 Å². The standard InChI is InChI=1S/C79H125N15O14/c1-11-12-25-60(71(102)45-86-54(8)70(101)43-80)89-48-88-50(4)65(96)33-36-83-51(5)68(99)42-75(106)79(10)35-23-19-17-15-13-14-16-18-22-34-78(9,82)74(105)41-67(98)53(7)85-47-73(104)62(38-55-27-29-57(95)30-28-55)92-93-63(39-56-44-87-59-26-21-20-24-58(56)59)69(100)40-66(97)52(6)84-46-72(103)61(31-32-76(81)107)91-94-64(37-49(2)3)77(108)90-79/h15,17,20-21,24,26-30,44,49-54,60-64,83-89,91-95H,11-14,16,18-19,22-23,25,31-43,45-48,80,82H2,1-10H3,(H2,81,107)(H,90,108)/t50-,51-,52-,53-,54-,60-,61-,62-,63-,64-,78+,79-/m0/s1. The number of aromatic amines is 1. The highest BCUT2D eigenvalue weighted by Gasteiger charge is 2.39. The van der Waals surface area contributed by atoms with E-state index in [1.54, 1.807) is 59.9 Å². The van der Waals surface area contributed by atoms with E-state index in [-0.39, 0.29) is 107 Å².